The topological polar surface area (TPSA) is 231 Å². The van der Waals surface area contributed by atoms with Gasteiger partial charge < -0.3 is 26.6 Å². The zero-order valence-corrected chi connectivity index (χ0v) is 22.0. The number of pyridine rings is 1. The highest BCUT2D eigenvalue weighted by atomic mass is 16.5. The summed E-state index contributed by atoms with van der Waals surface area (Å²) >= 11 is 0. The summed E-state index contributed by atoms with van der Waals surface area (Å²) in [7, 11) is 1.52. The van der Waals surface area contributed by atoms with Gasteiger partial charge in [0.05, 0.1) is 24.6 Å². The van der Waals surface area contributed by atoms with Crippen molar-refractivity contribution in [1.82, 2.24) is 14.8 Å². The fourth-order valence-corrected chi connectivity index (χ4v) is 3.80. The highest BCUT2D eigenvalue weighted by molar-refractivity contribution is 6.12. The molecule has 14 heteroatoms. The maximum Gasteiger partial charge on any atom is 0.259 e. The molecular weight excluding hydrogens is 540 g/mol. The minimum Gasteiger partial charge on any atom is -0.505 e. The average molecular weight is 563 g/mol. The second-order valence-electron chi connectivity index (χ2n) is 8.45. The number of fused-ring (bicyclic) bond motifs is 1. The molecule has 14 nitrogen and oxygen atoms in total. The summed E-state index contributed by atoms with van der Waals surface area (Å²) < 4.78 is 6.60. The molecule has 5 aromatic rings. The predicted molar refractivity (Wildman–Crippen MR) is 155 cm³/mol. The van der Waals surface area contributed by atoms with Gasteiger partial charge in [0.25, 0.3) is 5.91 Å². The molecule has 208 valence electrons. The van der Waals surface area contributed by atoms with Crippen LogP contribution in [0.5, 0.6) is 11.5 Å². The number of nitrogens with one attached hydrogen (secondary N) is 1. The lowest BCUT2D eigenvalue weighted by atomic mass is 10.0. The molecule has 2 aromatic heterocycles. The average Bonchev–Trinajstić information content (AvgIpc) is 3.39. The summed E-state index contributed by atoms with van der Waals surface area (Å²) in [6, 6.07) is 19.7. The maximum absolute atomic E-state index is 12.6. The van der Waals surface area contributed by atoms with Crippen LogP contribution in [0.4, 0.5) is 17.2 Å². The zero-order valence-electron chi connectivity index (χ0n) is 22.0. The molecule has 0 bridgehead atoms. The third-order valence-electron chi connectivity index (χ3n) is 5.92. The lowest BCUT2D eigenvalue weighted by Gasteiger charge is -2.12. The fourth-order valence-electron chi connectivity index (χ4n) is 3.80. The predicted octanol–water partition coefficient (Wildman–Crippen LogP) is 4.56. The summed E-state index contributed by atoms with van der Waals surface area (Å²) in [6.45, 7) is 0. The van der Waals surface area contributed by atoms with Gasteiger partial charge in [0.1, 0.15) is 23.2 Å². The number of benzene rings is 3. The number of aromatic nitrogens is 3. The number of carbonyl (C=O) groups excluding carboxylic acids is 2. The van der Waals surface area contributed by atoms with Crippen molar-refractivity contribution in [2.75, 3.05) is 23.9 Å². The Hall–Kier alpha value is -6.58. The lowest BCUT2D eigenvalue weighted by Crippen LogP contribution is -2.13. The second kappa shape index (κ2) is 12.5. The molecule has 0 radical (unpaired) electrons. The quantitative estimate of drug-likeness (QED) is 0.0771. The number of nitriles is 1. The van der Waals surface area contributed by atoms with Crippen molar-refractivity contribution in [1.29, 1.82) is 5.26 Å². The molecule has 42 heavy (non-hydrogen) atoms. The third kappa shape index (κ3) is 6.01. The number of azide groups is 1. The van der Waals surface area contributed by atoms with Gasteiger partial charge in [-0.3, -0.25) is 9.59 Å². The molecule has 3 aromatic carbocycles. The number of anilines is 3. The standard InChI is InChI=1S/C19H15N5O4.C9H7N5/c1-28-13-6-7-14-11(8-13)9-15(17(25)16(14)20)19(27)22-12-4-2-10(3-5-12)18(26)23-24-21;10-5-7-6-13-14(9(7)11)8-3-1-2-4-12-8/h2-9,25H,20H2,1H3,(H,22,27);1-4,6H,11H2. The number of phenols is 1. The van der Waals surface area contributed by atoms with Crippen LogP contribution in [0.15, 0.2) is 84.2 Å². The Kier molecular flexibility index (Phi) is 8.47. The molecule has 2 heterocycles. The first-order chi connectivity index (χ1) is 20.3. The van der Waals surface area contributed by atoms with Gasteiger partial charge in [-0.05, 0) is 76.7 Å². The first-order valence-corrected chi connectivity index (χ1v) is 12.0. The molecule has 2 amide bonds. The fraction of sp³-hybridized carbons (Fsp3) is 0.0357. The van der Waals surface area contributed by atoms with E-state index in [1.807, 2.05) is 12.1 Å². The number of hydrogen-bond acceptors (Lipinski definition) is 9. The molecule has 0 aliphatic rings. The van der Waals surface area contributed by atoms with Crippen LogP contribution in [0, 0.1) is 11.3 Å². The Morgan fingerprint density at radius 1 is 1.14 bits per heavy atom. The molecule has 0 aliphatic heterocycles. The number of phenolic OH excluding ortho intramolecular Hbond substituents is 1. The minimum atomic E-state index is -0.728. The van der Waals surface area contributed by atoms with Gasteiger partial charge in [0.15, 0.2) is 11.6 Å². The van der Waals surface area contributed by atoms with E-state index in [0.717, 1.165) is 0 Å². The van der Waals surface area contributed by atoms with Crippen molar-refractivity contribution in [3.63, 3.8) is 0 Å². The highest BCUT2D eigenvalue weighted by Crippen LogP contribution is 2.35. The van der Waals surface area contributed by atoms with Crippen molar-refractivity contribution in [3.8, 4) is 23.4 Å². The molecule has 0 fully saturated rings. The highest BCUT2D eigenvalue weighted by Gasteiger charge is 2.17. The van der Waals surface area contributed by atoms with Crippen molar-refractivity contribution in [3.05, 3.63) is 106 Å². The van der Waals surface area contributed by atoms with Gasteiger partial charge in [-0.1, -0.05) is 6.07 Å². The van der Waals surface area contributed by atoms with E-state index in [4.69, 9.17) is 27.0 Å². The lowest BCUT2D eigenvalue weighted by molar-refractivity contribution is 0.0998. The van der Waals surface area contributed by atoms with E-state index in [1.165, 1.54) is 48.3 Å². The van der Waals surface area contributed by atoms with E-state index in [2.05, 4.69) is 25.4 Å². The van der Waals surface area contributed by atoms with Gasteiger partial charge in [0.2, 0.25) is 5.91 Å². The summed E-state index contributed by atoms with van der Waals surface area (Å²) in [5, 5.41) is 29.8. The summed E-state index contributed by atoms with van der Waals surface area (Å²) in [5.41, 5.74) is 20.9. The van der Waals surface area contributed by atoms with Gasteiger partial charge in [-0.25, -0.2) is 4.98 Å². The van der Waals surface area contributed by atoms with E-state index in [9.17, 15) is 14.7 Å². The summed E-state index contributed by atoms with van der Waals surface area (Å²) in [5.74, 6) is -0.135. The van der Waals surface area contributed by atoms with E-state index < -0.39 is 11.8 Å². The Morgan fingerprint density at radius 2 is 1.90 bits per heavy atom. The summed E-state index contributed by atoms with van der Waals surface area (Å²) in [6.07, 6.45) is 3.06. The van der Waals surface area contributed by atoms with Crippen LogP contribution in [0.1, 0.15) is 26.3 Å². The van der Waals surface area contributed by atoms with Crippen LogP contribution in [-0.2, 0) is 0 Å². The van der Waals surface area contributed by atoms with Gasteiger partial charge in [-0.2, -0.15) is 15.0 Å². The van der Waals surface area contributed by atoms with E-state index in [-0.39, 0.29) is 22.6 Å². The zero-order chi connectivity index (χ0) is 30.2. The van der Waals surface area contributed by atoms with Gasteiger partial charge >= 0.3 is 0 Å². The molecule has 6 N–H and O–H groups in total. The van der Waals surface area contributed by atoms with Crippen molar-refractivity contribution >= 4 is 39.8 Å². The molecule has 0 saturated heterocycles. The van der Waals surface area contributed by atoms with E-state index in [1.54, 1.807) is 36.5 Å². The number of ether oxygens (including phenoxy) is 1. The Labute approximate surface area is 238 Å². The monoisotopic (exact) mass is 562 g/mol. The number of hydrogen-bond donors (Lipinski definition) is 4. The van der Waals surface area contributed by atoms with Crippen LogP contribution >= 0.6 is 0 Å². The number of nitrogens with two attached hydrogens (primary N) is 2. The van der Waals surface area contributed by atoms with Crippen LogP contribution in [0.2, 0.25) is 0 Å². The van der Waals surface area contributed by atoms with Crippen LogP contribution < -0.4 is 21.5 Å². The number of aromatic hydroxyl groups is 1. The SMILES string of the molecule is COc1ccc2c(N)c(O)c(C(=O)Nc3ccc(C(=O)N=[N+]=[N-])cc3)cc2c1.N#Cc1cnn(-c2ccccn2)c1N. The first kappa shape index (κ1) is 28.4. The number of methoxy groups -OCH3 is 1. The Morgan fingerprint density at radius 3 is 2.52 bits per heavy atom. The molecule has 0 unspecified atom stereocenters. The molecule has 0 spiro atoms. The largest absolute Gasteiger partial charge is 0.505 e. The van der Waals surface area contributed by atoms with Gasteiger partial charge in [0, 0.05) is 27.7 Å². The molecular formula is C28H22N10O4. The Balaban J connectivity index is 0.000000241. The number of amides is 2. The molecule has 5 rings (SSSR count). The van der Waals surface area contributed by atoms with Crippen LogP contribution in [0.3, 0.4) is 0 Å². The van der Waals surface area contributed by atoms with Crippen molar-refractivity contribution in [2.45, 2.75) is 0 Å². The van der Waals surface area contributed by atoms with Crippen LogP contribution in [0.25, 0.3) is 27.0 Å². The first-order valence-electron chi connectivity index (χ1n) is 12.0. The molecule has 0 saturated carbocycles. The van der Waals surface area contributed by atoms with E-state index >= 15 is 0 Å². The normalized spacial score (nSPS) is 10.0. The van der Waals surface area contributed by atoms with E-state index in [0.29, 0.717) is 39.4 Å². The van der Waals surface area contributed by atoms with Gasteiger partial charge in [-0.15, -0.1) is 0 Å². The number of carbonyl (C=O) groups is 2. The minimum absolute atomic E-state index is 0.00696. The smallest absolute Gasteiger partial charge is 0.259 e. The maximum atomic E-state index is 12.6. The molecule has 0 aliphatic carbocycles. The van der Waals surface area contributed by atoms with Crippen LogP contribution in [-0.4, -0.2) is 38.8 Å². The second-order valence-corrected chi connectivity index (χ2v) is 8.45. The van der Waals surface area contributed by atoms with Crippen molar-refractivity contribution in [2.24, 2.45) is 5.11 Å². The Bertz CT molecular complexity index is 1870. The molecule has 0 atom stereocenters. The number of nitrogen functional groups attached to an aromatic ring is 2. The number of rotatable bonds is 5. The third-order valence-corrected chi connectivity index (χ3v) is 5.92. The summed E-state index contributed by atoms with van der Waals surface area (Å²) in [4.78, 5) is 30.6. The number of nitrogens with zero attached hydrogens (tertiary/aromatic N) is 7. The van der Waals surface area contributed by atoms with Crippen molar-refractivity contribution < 1.29 is 19.4 Å².